The fraction of sp³-hybridized carbons (Fsp3) is 0.333. The lowest BCUT2D eigenvalue weighted by Crippen LogP contribution is -2.43. The molecule has 0 spiro atoms. The van der Waals surface area contributed by atoms with Gasteiger partial charge in [-0.1, -0.05) is 42.2 Å². The lowest BCUT2D eigenvalue weighted by atomic mass is 9.92. The molecule has 110 valence electrons. The molecule has 0 saturated carbocycles. The molecule has 8 heteroatoms. The fourth-order valence-corrected chi connectivity index (χ4v) is 1.85. The minimum Gasteiger partial charge on any atom is -0.409 e. The van der Waals surface area contributed by atoms with E-state index in [0.29, 0.717) is 15.7 Å². The molecule has 0 aliphatic carbocycles. The highest BCUT2D eigenvalue weighted by Gasteiger charge is 2.24. The number of nitrogens with zero attached hydrogens (tertiary/aromatic N) is 1. The highest BCUT2D eigenvalue weighted by Crippen LogP contribution is 2.22. The van der Waals surface area contributed by atoms with Gasteiger partial charge in [0.05, 0.1) is 0 Å². The number of hydrogen-bond donors (Lipinski definition) is 4. The number of carbonyl (C=O) groups excluding carboxylic acids is 1. The molecule has 1 aromatic carbocycles. The maximum atomic E-state index is 11.7. The maximum absolute atomic E-state index is 11.7. The van der Waals surface area contributed by atoms with E-state index in [1.807, 2.05) is 0 Å². The van der Waals surface area contributed by atoms with Crippen LogP contribution in [0.1, 0.15) is 13.8 Å². The van der Waals surface area contributed by atoms with Crippen molar-refractivity contribution < 1.29 is 10.0 Å². The molecule has 0 heterocycles. The van der Waals surface area contributed by atoms with Crippen LogP contribution in [0.3, 0.4) is 0 Å². The van der Waals surface area contributed by atoms with Gasteiger partial charge in [-0.15, -0.1) is 0 Å². The minimum atomic E-state index is -0.669. The molecule has 1 rings (SSSR count). The standard InChI is InChI=1S/C12H16Cl2N4O2/c1-12(2,10(15)18-20)6-16-11(19)17-9-4-7(13)3-8(14)5-9/h3-5,20H,6H2,1-2H3,(H2,15,18)(H2,16,17,19). The Bertz CT molecular complexity index is 512. The Morgan fingerprint density at radius 1 is 1.35 bits per heavy atom. The molecule has 0 aliphatic rings. The van der Waals surface area contributed by atoms with E-state index in [2.05, 4.69) is 15.8 Å². The number of carbonyl (C=O) groups is 1. The summed E-state index contributed by atoms with van der Waals surface area (Å²) < 4.78 is 0. The van der Waals surface area contributed by atoms with Gasteiger partial charge in [-0.25, -0.2) is 4.79 Å². The number of nitrogens with one attached hydrogen (secondary N) is 2. The zero-order chi connectivity index (χ0) is 15.3. The number of urea groups is 1. The van der Waals surface area contributed by atoms with Crippen LogP contribution in [0.2, 0.25) is 10.0 Å². The predicted molar refractivity (Wildman–Crippen MR) is 80.7 cm³/mol. The van der Waals surface area contributed by atoms with E-state index < -0.39 is 11.4 Å². The summed E-state index contributed by atoms with van der Waals surface area (Å²) in [4.78, 5) is 11.7. The zero-order valence-electron chi connectivity index (χ0n) is 11.1. The van der Waals surface area contributed by atoms with Crippen LogP contribution in [0.4, 0.5) is 10.5 Å². The molecule has 0 atom stereocenters. The molecule has 0 aliphatic heterocycles. The molecule has 20 heavy (non-hydrogen) atoms. The molecule has 0 bridgehead atoms. The number of nitrogens with two attached hydrogens (primary N) is 1. The third-order valence-corrected chi connectivity index (χ3v) is 3.05. The van der Waals surface area contributed by atoms with Crippen LogP contribution < -0.4 is 16.4 Å². The SMILES string of the molecule is CC(C)(CNC(=O)Nc1cc(Cl)cc(Cl)c1)/C(N)=N/O. The Kier molecular flexibility index (Phi) is 5.47. The van der Waals surface area contributed by atoms with Crippen molar-refractivity contribution in [1.82, 2.24) is 5.32 Å². The number of benzene rings is 1. The average molecular weight is 319 g/mol. The first kappa shape index (κ1) is 16.4. The quantitative estimate of drug-likeness (QED) is 0.297. The van der Waals surface area contributed by atoms with Gasteiger partial charge in [0.15, 0.2) is 0 Å². The van der Waals surface area contributed by atoms with Gasteiger partial charge in [0.25, 0.3) is 0 Å². The summed E-state index contributed by atoms with van der Waals surface area (Å²) in [5, 5.41) is 17.6. The van der Waals surface area contributed by atoms with E-state index in [9.17, 15) is 4.79 Å². The van der Waals surface area contributed by atoms with E-state index >= 15 is 0 Å². The number of rotatable bonds is 4. The summed E-state index contributed by atoms with van der Waals surface area (Å²) in [6.45, 7) is 3.67. The number of anilines is 1. The summed E-state index contributed by atoms with van der Waals surface area (Å²) in [6, 6.07) is 4.26. The van der Waals surface area contributed by atoms with Gasteiger partial charge < -0.3 is 21.6 Å². The van der Waals surface area contributed by atoms with E-state index in [4.69, 9.17) is 34.1 Å². The van der Waals surface area contributed by atoms with Gasteiger partial charge in [0.2, 0.25) is 0 Å². The summed E-state index contributed by atoms with van der Waals surface area (Å²) in [5.41, 5.74) is 5.33. The van der Waals surface area contributed by atoms with Gasteiger partial charge in [0, 0.05) is 27.7 Å². The van der Waals surface area contributed by atoms with Crippen LogP contribution in [0, 0.1) is 5.41 Å². The van der Waals surface area contributed by atoms with Crippen molar-refractivity contribution in [3.63, 3.8) is 0 Å². The smallest absolute Gasteiger partial charge is 0.319 e. The van der Waals surface area contributed by atoms with Crippen LogP contribution in [-0.2, 0) is 0 Å². The number of halogens is 2. The van der Waals surface area contributed by atoms with Crippen LogP contribution in [0.25, 0.3) is 0 Å². The highest BCUT2D eigenvalue weighted by molar-refractivity contribution is 6.35. The Balaban J connectivity index is 2.60. The van der Waals surface area contributed by atoms with Crippen LogP contribution in [0.15, 0.2) is 23.4 Å². The fourth-order valence-electron chi connectivity index (χ4n) is 1.33. The molecule has 0 radical (unpaired) electrons. The van der Waals surface area contributed by atoms with Crippen LogP contribution >= 0.6 is 23.2 Å². The van der Waals surface area contributed by atoms with E-state index in [1.165, 1.54) is 0 Å². The number of oxime groups is 1. The van der Waals surface area contributed by atoms with Crippen LogP contribution in [0.5, 0.6) is 0 Å². The topological polar surface area (TPSA) is 99.7 Å². The lowest BCUT2D eigenvalue weighted by molar-refractivity contribution is 0.248. The van der Waals surface area contributed by atoms with Crippen molar-refractivity contribution in [3.8, 4) is 0 Å². The minimum absolute atomic E-state index is 0.0311. The van der Waals surface area contributed by atoms with Gasteiger partial charge >= 0.3 is 6.03 Å². The molecular weight excluding hydrogens is 303 g/mol. The summed E-state index contributed by atoms with van der Waals surface area (Å²) in [7, 11) is 0. The molecule has 0 saturated heterocycles. The third-order valence-electron chi connectivity index (χ3n) is 2.61. The van der Waals surface area contributed by atoms with E-state index in [0.717, 1.165) is 0 Å². The Morgan fingerprint density at radius 3 is 2.40 bits per heavy atom. The highest BCUT2D eigenvalue weighted by atomic mass is 35.5. The van der Waals surface area contributed by atoms with Gasteiger partial charge in [0.1, 0.15) is 5.84 Å². The van der Waals surface area contributed by atoms with Crippen molar-refractivity contribution in [2.24, 2.45) is 16.3 Å². The molecule has 1 aromatic rings. The summed E-state index contributed by atoms with van der Waals surface area (Å²) in [5.74, 6) is 0.0311. The predicted octanol–water partition coefficient (Wildman–Crippen LogP) is 2.89. The summed E-state index contributed by atoms with van der Waals surface area (Å²) in [6.07, 6.45) is 0. The van der Waals surface area contributed by atoms with E-state index in [1.54, 1.807) is 32.0 Å². The van der Waals surface area contributed by atoms with Crippen molar-refractivity contribution in [2.45, 2.75) is 13.8 Å². The van der Waals surface area contributed by atoms with Crippen LogP contribution in [-0.4, -0.2) is 23.6 Å². The summed E-state index contributed by atoms with van der Waals surface area (Å²) >= 11 is 11.7. The maximum Gasteiger partial charge on any atom is 0.319 e. The van der Waals surface area contributed by atoms with E-state index in [-0.39, 0.29) is 12.4 Å². The largest absolute Gasteiger partial charge is 0.409 e. The first-order valence-corrected chi connectivity index (χ1v) is 6.49. The molecule has 5 N–H and O–H groups in total. The number of amides is 2. The van der Waals surface area contributed by atoms with Crippen molar-refractivity contribution in [2.75, 3.05) is 11.9 Å². The number of amidine groups is 1. The lowest BCUT2D eigenvalue weighted by Gasteiger charge is -2.23. The average Bonchev–Trinajstić information content (AvgIpc) is 2.34. The zero-order valence-corrected chi connectivity index (χ0v) is 12.6. The van der Waals surface area contributed by atoms with Gasteiger partial charge in [-0.3, -0.25) is 0 Å². The monoisotopic (exact) mass is 318 g/mol. The second kappa shape index (κ2) is 6.67. The molecule has 2 amide bonds. The van der Waals surface area contributed by atoms with Crippen molar-refractivity contribution in [1.29, 1.82) is 0 Å². The van der Waals surface area contributed by atoms with Crippen molar-refractivity contribution >= 4 is 40.8 Å². The van der Waals surface area contributed by atoms with Gasteiger partial charge in [-0.05, 0) is 18.2 Å². The second-order valence-corrected chi connectivity index (χ2v) is 5.71. The number of hydrogen-bond acceptors (Lipinski definition) is 3. The normalized spacial score (nSPS) is 12.1. The Morgan fingerprint density at radius 2 is 1.90 bits per heavy atom. The molecule has 0 unspecified atom stereocenters. The second-order valence-electron chi connectivity index (χ2n) is 4.83. The van der Waals surface area contributed by atoms with Gasteiger partial charge in [-0.2, -0.15) is 0 Å². The first-order valence-electron chi connectivity index (χ1n) is 5.73. The van der Waals surface area contributed by atoms with Crippen molar-refractivity contribution in [3.05, 3.63) is 28.2 Å². The molecule has 0 aromatic heterocycles. The first-order chi connectivity index (χ1) is 9.24. The molecule has 0 fully saturated rings. The molecular formula is C12H16Cl2N4O2. The Labute approximate surface area is 126 Å². The molecule has 6 nitrogen and oxygen atoms in total. The third kappa shape index (κ3) is 4.79. The Hall–Kier alpha value is -1.66.